The normalized spacial score (nSPS) is 10.5. The number of anilines is 1. The van der Waals surface area contributed by atoms with Gasteiger partial charge in [-0.15, -0.1) is 11.8 Å². The van der Waals surface area contributed by atoms with E-state index >= 15 is 0 Å². The monoisotopic (exact) mass is 247 g/mol. The number of aromatic nitrogens is 2. The van der Waals surface area contributed by atoms with Crippen LogP contribution in [0.4, 0.5) is 5.69 Å². The van der Waals surface area contributed by atoms with Crippen LogP contribution in [0, 0.1) is 0 Å². The van der Waals surface area contributed by atoms with Crippen molar-refractivity contribution in [3.63, 3.8) is 0 Å². The summed E-state index contributed by atoms with van der Waals surface area (Å²) in [6, 6.07) is 8.50. The number of thioether (sulfide) groups is 1. The summed E-state index contributed by atoms with van der Waals surface area (Å²) in [6.07, 6.45) is 6.84. The van der Waals surface area contributed by atoms with Crippen molar-refractivity contribution in [2.45, 2.75) is 11.3 Å². The molecule has 0 fully saturated rings. The average molecular weight is 247 g/mol. The van der Waals surface area contributed by atoms with E-state index in [0.29, 0.717) is 0 Å². The Bertz CT molecular complexity index is 462. The minimum absolute atomic E-state index is 0.906. The van der Waals surface area contributed by atoms with Gasteiger partial charge in [0.05, 0.1) is 0 Å². The van der Waals surface area contributed by atoms with Crippen molar-refractivity contribution in [2.75, 3.05) is 18.1 Å². The molecule has 1 aromatic carbocycles. The fourth-order valence-electron chi connectivity index (χ4n) is 1.66. The third kappa shape index (κ3) is 3.27. The maximum absolute atomic E-state index is 4.29. The molecule has 90 valence electrons. The Kier molecular flexibility index (Phi) is 4.09. The van der Waals surface area contributed by atoms with Crippen LogP contribution in [0.15, 0.2) is 41.6 Å². The van der Waals surface area contributed by atoms with Gasteiger partial charge in [0.1, 0.15) is 5.82 Å². The molecule has 3 nitrogen and oxygen atoms in total. The Hall–Kier alpha value is -1.42. The third-order valence-corrected chi connectivity index (χ3v) is 3.43. The number of benzene rings is 1. The SMILES string of the molecule is CSc1ccc(NCCc2nccn2C)cc1. The van der Waals surface area contributed by atoms with Gasteiger partial charge in [-0.3, -0.25) is 0 Å². The molecule has 1 N–H and O–H groups in total. The summed E-state index contributed by atoms with van der Waals surface area (Å²) < 4.78 is 2.05. The summed E-state index contributed by atoms with van der Waals surface area (Å²) in [5, 5.41) is 3.40. The van der Waals surface area contributed by atoms with Gasteiger partial charge >= 0.3 is 0 Å². The zero-order valence-corrected chi connectivity index (χ0v) is 11.0. The molecule has 0 atom stereocenters. The predicted octanol–water partition coefficient (Wildman–Crippen LogP) is 2.80. The largest absolute Gasteiger partial charge is 0.385 e. The van der Waals surface area contributed by atoms with Gasteiger partial charge in [0.25, 0.3) is 0 Å². The maximum Gasteiger partial charge on any atom is 0.110 e. The standard InChI is InChI=1S/C13H17N3S/c1-16-10-9-15-13(16)7-8-14-11-3-5-12(17-2)6-4-11/h3-6,9-10,14H,7-8H2,1-2H3. The molecular formula is C13H17N3S. The Morgan fingerprint density at radius 1 is 1.29 bits per heavy atom. The second-order valence-electron chi connectivity index (χ2n) is 3.86. The number of imidazole rings is 1. The summed E-state index contributed by atoms with van der Waals surface area (Å²) in [4.78, 5) is 5.59. The minimum Gasteiger partial charge on any atom is -0.385 e. The van der Waals surface area contributed by atoms with E-state index in [-0.39, 0.29) is 0 Å². The predicted molar refractivity (Wildman–Crippen MR) is 73.6 cm³/mol. The van der Waals surface area contributed by atoms with Crippen LogP contribution in [0.5, 0.6) is 0 Å². The molecule has 0 amide bonds. The van der Waals surface area contributed by atoms with Crippen molar-refractivity contribution in [3.05, 3.63) is 42.5 Å². The van der Waals surface area contributed by atoms with Gasteiger partial charge in [-0.25, -0.2) is 4.98 Å². The van der Waals surface area contributed by atoms with Crippen molar-refractivity contribution >= 4 is 17.4 Å². The molecule has 0 saturated heterocycles. The first-order valence-electron chi connectivity index (χ1n) is 5.64. The van der Waals surface area contributed by atoms with Crippen LogP contribution >= 0.6 is 11.8 Å². The summed E-state index contributed by atoms with van der Waals surface area (Å²) in [5.74, 6) is 1.11. The van der Waals surface area contributed by atoms with E-state index in [1.807, 2.05) is 19.4 Å². The number of rotatable bonds is 5. The van der Waals surface area contributed by atoms with Gasteiger partial charge in [0.2, 0.25) is 0 Å². The Labute approximate surface area is 106 Å². The second kappa shape index (κ2) is 5.77. The van der Waals surface area contributed by atoms with Crippen LogP contribution in [0.2, 0.25) is 0 Å². The molecule has 0 saturated carbocycles. The van der Waals surface area contributed by atoms with Crippen LogP contribution < -0.4 is 5.32 Å². The third-order valence-electron chi connectivity index (χ3n) is 2.69. The molecule has 0 radical (unpaired) electrons. The van der Waals surface area contributed by atoms with Gasteiger partial charge in [-0.05, 0) is 30.5 Å². The van der Waals surface area contributed by atoms with E-state index in [9.17, 15) is 0 Å². The lowest BCUT2D eigenvalue weighted by Gasteiger charge is -2.07. The zero-order valence-electron chi connectivity index (χ0n) is 10.2. The summed E-state index contributed by atoms with van der Waals surface area (Å²) >= 11 is 1.76. The molecule has 17 heavy (non-hydrogen) atoms. The molecule has 0 spiro atoms. The highest BCUT2D eigenvalue weighted by molar-refractivity contribution is 7.98. The van der Waals surface area contributed by atoms with Crippen molar-refractivity contribution < 1.29 is 0 Å². The minimum atomic E-state index is 0.906. The lowest BCUT2D eigenvalue weighted by Crippen LogP contribution is -2.08. The quantitative estimate of drug-likeness (QED) is 0.824. The van der Waals surface area contributed by atoms with E-state index in [2.05, 4.69) is 45.4 Å². The molecule has 2 rings (SSSR count). The van der Waals surface area contributed by atoms with E-state index in [1.54, 1.807) is 11.8 Å². The van der Waals surface area contributed by atoms with Crippen molar-refractivity contribution in [1.29, 1.82) is 0 Å². The lowest BCUT2D eigenvalue weighted by atomic mass is 10.3. The molecule has 4 heteroatoms. The molecule has 1 heterocycles. The number of nitrogens with one attached hydrogen (secondary N) is 1. The molecule has 0 aliphatic carbocycles. The number of hydrogen-bond donors (Lipinski definition) is 1. The molecule has 2 aromatic rings. The molecule has 0 aliphatic heterocycles. The van der Waals surface area contributed by atoms with E-state index in [0.717, 1.165) is 24.5 Å². The first-order chi connectivity index (χ1) is 8.29. The molecule has 0 aliphatic rings. The Morgan fingerprint density at radius 3 is 2.65 bits per heavy atom. The number of aryl methyl sites for hydroxylation is 1. The summed E-state index contributed by atoms with van der Waals surface area (Å²) in [6.45, 7) is 0.906. The van der Waals surface area contributed by atoms with Gasteiger partial charge < -0.3 is 9.88 Å². The molecule has 0 unspecified atom stereocenters. The first kappa shape index (κ1) is 12.0. The molecular weight excluding hydrogens is 230 g/mol. The van der Waals surface area contributed by atoms with Crippen LogP contribution in [-0.2, 0) is 13.5 Å². The van der Waals surface area contributed by atoms with Crippen LogP contribution in [-0.4, -0.2) is 22.4 Å². The summed E-state index contributed by atoms with van der Waals surface area (Å²) in [7, 11) is 2.02. The maximum atomic E-state index is 4.29. The molecule has 1 aromatic heterocycles. The Morgan fingerprint density at radius 2 is 2.06 bits per heavy atom. The highest BCUT2D eigenvalue weighted by Gasteiger charge is 1.98. The van der Waals surface area contributed by atoms with Gasteiger partial charge in [0.15, 0.2) is 0 Å². The van der Waals surface area contributed by atoms with Gasteiger partial charge in [-0.2, -0.15) is 0 Å². The van der Waals surface area contributed by atoms with Crippen molar-refractivity contribution in [3.8, 4) is 0 Å². The number of hydrogen-bond acceptors (Lipinski definition) is 3. The lowest BCUT2D eigenvalue weighted by molar-refractivity contribution is 0.789. The van der Waals surface area contributed by atoms with Crippen LogP contribution in [0.25, 0.3) is 0 Å². The highest BCUT2D eigenvalue weighted by atomic mass is 32.2. The smallest absolute Gasteiger partial charge is 0.110 e. The highest BCUT2D eigenvalue weighted by Crippen LogP contribution is 2.17. The van der Waals surface area contributed by atoms with Crippen LogP contribution in [0.1, 0.15) is 5.82 Å². The van der Waals surface area contributed by atoms with Gasteiger partial charge in [-0.1, -0.05) is 0 Å². The van der Waals surface area contributed by atoms with Crippen molar-refractivity contribution in [2.24, 2.45) is 7.05 Å². The average Bonchev–Trinajstić information content (AvgIpc) is 2.76. The van der Waals surface area contributed by atoms with E-state index < -0.39 is 0 Å². The summed E-state index contributed by atoms with van der Waals surface area (Å²) in [5.41, 5.74) is 1.16. The number of nitrogens with zero attached hydrogens (tertiary/aromatic N) is 2. The van der Waals surface area contributed by atoms with Gasteiger partial charge in [0, 0.05) is 43.0 Å². The Balaban J connectivity index is 1.83. The topological polar surface area (TPSA) is 29.9 Å². The zero-order chi connectivity index (χ0) is 12.1. The van der Waals surface area contributed by atoms with Crippen molar-refractivity contribution in [1.82, 2.24) is 9.55 Å². The van der Waals surface area contributed by atoms with E-state index in [4.69, 9.17) is 0 Å². The fourth-order valence-corrected chi connectivity index (χ4v) is 2.07. The molecule has 0 bridgehead atoms. The fraction of sp³-hybridized carbons (Fsp3) is 0.308. The van der Waals surface area contributed by atoms with E-state index in [1.165, 1.54) is 4.90 Å². The van der Waals surface area contributed by atoms with Crippen LogP contribution in [0.3, 0.4) is 0 Å². The second-order valence-corrected chi connectivity index (χ2v) is 4.74. The first-order valence-corrected chi connectivity index (χ1v) is 6.86.